The normalized spacial score (nSPS) is 11.4. The number of methoxy groups -OCH3 is 1. The van der Waals surface area contributed by atoms with E-state index in [1.54, 1.807) is 13.3 Å². The molecular formula is C16H18BrNO. The van der Waals surface area contributed by atoms with Crippen LogP contribution < -0.4 is 4.74 Å². The highest BCUT2D eigenvalue weighted by Crippen LogP contribution is 2.34. The number of hydrogen-bond donors (Lipinski definition) is 0. The molecule has 2 nitrogen and oxygen atoms in total. The van der Waals surface area contributed by atoms with Crippen LogP contribution in [0.1, 0.15) is 26.3 Å². The SMILES string of the molecule is COc1ncccc1-c1cc(Br)cc(C(C)(C)C)c1. The summed E-state index contributed by atoms with van der Waals surface area (Å²) in [5.41, 5.74) is 3.51. The fraction of sp³-hybridized carbons (Fsp3) is 0.312. The zero-order valence-electron chi connectivity index (χ0n) is 11.7. The lowest BCUT2D eigenvalue weighted by molar-refractivity contribution is 0.399. The Hall–Kier alpha value is -1.35. The molecule has 1 aromatic heterocycles. The van der Waals surface area contributed by atoms with Crippen molar-refractivity contribution in [2.45, 2.75) is 26.2 Å². The second kappa shape index (κ2) is 5.33. The average Bonchev–Trinajstić information content (AvgIpc) is 2.37. The van der Waals surface area contributed by atoms with Gasteiger partial charge in [-0.3, -0.25) is 0 Å². The topological polar surface area (TPSA) is 22.1 Å². The van der Waals surface area contributed by atoms with Crippen molar-refractivity contribution in [2.24, 2.45) is 0 Å². The molecule has 0 bridgehead atoms. The zero-order chi connectivity index (χ0) is 14.0. The van der Waals surface area contributed by atoms with Crippen LogP contribution in [0.3, 0.4) is 0 Å². The van der Waals surface area contributed by atoms with Crippen molar-refractivity contribution >= 4 is 15.9 Å². The van der Waals surface area contributed by atoms with Crippen LogP contribution in [-0.4, -0.2) is 12.1 Å². The van der Waals surface area contributed by atoms with E-state index in [-0.39, 0.29) is 5.41 Å². The van der Waals surface area contributed by atoms with Crippen LogP contribution in [0.25, 0.3) is 11.1 Å². The van der Waals surface area contributed by atoms with Crippen LogP contribution in [0.5, 0.6) is 5.88 Å². The predicted octanol–water partition coefficient (Wildman–Crippen LogP) is 4.82. The molecule has 0 spiro atoms. The van der Waals surface area contributed by atoms with E-state index in [1.165, 1.54) is 5.56 Å². The first-order chi connectivity index (χ1) is 8.91. The minimum Gasteiger partial charge on any atom is -0.481 e. The van der Waals surface area contributed by atoms with Crippen LogP contribution >= 0.6 is 15.9 Å². The lowest BCUT2D eigenvalue weighted by Crippen LogP contribution is -2.11. The van der Waals surface area contributed by atoms with Gasteiger partial charge in [0, 0.05) is 16.2 Å². The third-order valence-corrected chi connectivity index (χ3v) is 3.50. The molecule has 0 aliphatic rings. The molecule has 0 N–H and O–H groups in total. The van der Waals surface area contributed by atoms with Crippen LogP contribution in [0.4, 0.5) is 0 Å². The fourth-order valence-electron chi connectivity index (χ4n) is 1.95. The maximum Gasteiger partial charge on any atom is 0.221 e. The summed E-state index contributed by atoms with van der Waals surface area (Å²) in [6.07, 6.45) is 1.74. The molecule has 0 aliphatic heterocycles. The second-order valence-corrected chi connectivity index (χ2v) is 6.45. The van der Waals surface area contributed by atoms with Gasteiger partial charge >= 0.3 is 0 Å². The van der Waals surface area contributed by atoms with Crippen molar-refractivity contribution in [1.29, 1.82) is 0 Å². The maximum absolute atomic E-state index is 5.34. The number of nitrogens with zero attached hydrogens (tertiary/aromatic N) is 1. The van der Waals surface area contributed by atoms with E-state index < -0.39 is 0 Å². The van der Waals surface area contributed by atoms with E-state index in [1.807, 2.05) is 12.1 Å². The van der Waals surface area contributed by atoms with Crippen molar-refractivity contribution in [2.75, 3.05) is 7.11 Å². The summed E-state index contributed by atoms with van der Waals surface area (Å²) < 4.78 is 6.41. The van der Waals surface area contributed by atoms with Crippen molar-refractivity contribution in [1.82, 2.24) is 4.98 Å². The Balaban J connectivity index is 2.60. The van der Waals surface area contributed by atoms with Gasteiger partial charge in [-0.2, -0.15) is 0 Å². The summed E-state index contributed by atoms with van der Waals surface area (Å²) in [6, 6.07) is 10.4. The third kappa shape index (κ3) is 3.16. The van der Waals surface area contributed by atoms with E-state index in [0.29, 0.717) is 5.88 Å². The number of ether oxygens (including phenoxy) is 1. The van der Waals surface area contributed by atoms with Gasteiger partial charge in [-0.1, -0.05) is 42.8 Å². The van der Waals surface area contributed by atoms with E-state index >= 15 is 0 Å². The van der Waals surface area contributed by atoms with Crippen LogP contribution in [0.15, 0.2) is 41.0 Å². The summed E-state index contributed by atoms with van der Waals surface area (Å²) in [4.78, 5) is 4.26. The maximum atomic E-state index is 5.34. The second-order valence-electron chi connectivity index (χ2n) is 5.54. The molecule has 0 atom stereocenters. The largest absolute Gasteiger partial charge is 0.481 e. The van der Waals surface area contributed by atoms with Crippen LogP contribution in [-0.2, 0) is 5.41 Å². The van der Waals surface area contributed by atoms with Crippen LogP contribution in [0, 0.1) is 0 Å². The molecule has 0 saturated heterocycles. The van der Waals surface area contributed by atoms with Gasteiger partial charge in [-0.15, -0.1) is 0 Å². The first kappa shape index (κ1) is 14.1. The Morgan fingerprint density at radius 2 is 1.89 bits per heavy atom. The van der Waals surface area contributed by atoms with Crippen LogP contribution in [0.2, 0.25) is 0 Å². The molecule has 0 fully saturated rings. The fourth-order valence-corrected chi connectivity index (χ4v) is 2.44. The molecule has 100 valence electrons. The zero-order valence-corrected chi connectivity index (χ0v) is 13.3. The quantitative estimate of drug-likeness (QED) is 0.791. The number of hydrogen-bond acceptors (Lipinski definition) is 2. The van der Waals surface area contributed by atoms with E-state index in [4.69, 9.17) is 4.74 Å². The predicted molar refractivity (Wildman–Crippen MR) is 82.6 cm³/mol. The standard InChI is InChI=1S/C16H18BrNO/c1-16(2,3)12-8-11(9-13(17)10-12)14-6-5-7-18-15(14)19-4/h5-10H,1-4H3. The van der Waals surface area contributed by atoms with Gasteiger partial charge in [-0.25, -0.2) is 4.98 Å². The number of rotatable bonds is 2. The molecule has 1 aromatic carbocycles. The van der Waals surface area contributed by atoms with Crippen molar-refractivity contribution in [3.05, 3.63) is 46.6 Å². The molecule has 1 heterocycles. The van der Waals surface area contributed by atoms with E-state index in [9.17, 15) is 0 Å². The Kier molecular flexibility index (Phi) is 3.95. The van der Waals surface area contributed by atoms with Crippen molar-refractivity contribution in [3.63, 3.8) is 0 Å². The van der Waals surface area contributed by atoms with Gasteiger partial charge in [0.15, 0.2) is 0 Å². The summed E-state index contributed by atoms with van der Waals surface area (Å²) >= 11 is 3.59. The molecule has 2 rings (SSSR count). The molecule has 0 aliphatic carbocycles. The Labute approximate surface area is 123 Å². The average molecular weight is 320 g/mol. The van der Waals surface area contributed by atoms with Gasteiger partial charge in [0.05, 0.1) is 7.11 Å². The molecular weight excluding hydrogens is 302 g/mol. The Bertz CT molecular complexity index is 588. The summed E-state index contributed by atoms with van der Waals surface area (Å²) in [5, 5.41) is 0. The lowest BCUT2D eigenvalue weighted by atomic mass is 9.85. The molecule has 2 aromatic rings. The first-order valence-corrected chi connectivity index (χ1v) is 7.01. The highest BCUT2D eigenvalue weighted by Gasteiger charge is 2.16. The van der Waals surface area contributed by atoms with Gasteiger partial charge < -0.3 is 4.74 Å². The molecule has 0 unspecified atom stereocenters. The molecule has 0 saturated carbocycles. The monoisotopic (exact) mass is 319 g/mol. The minimum absolute atomic E-state index is 0.105. The van der Waals surface area contributed by atoms with Gasteiger partial charge in [0.2, 0.25) is 5.88 Å². The number of aromatic nitrogens is 1. The summed E-state index contributed by atoms with van der Waals surface area (Å²) in [5.74, 6) is 0.653. The third-order valence-electron chi connectivity index (χ3n) is 3.04. The van der Waals surface area contributed by atoms with Gasteiger partial charge in [-0.05, 0) is 40.8 Å². The highest BCUT2D eigenvalue weighted by atomic mass is 79.9. The summed E-state index contributed by atoms with van der Waals surface area (Å²) in [7, 11) is 1.65. The number of pyridine rings is 1. The van der Waals surface area contributed by atoms with Gasteiger partial charge in [0.25, 0.3) is 0 Å². The minimum atomic E-state index is 0.105. The molecule has 19 heavy (non-hydrogen) atoms. The smallest absolute Gasteiger partial charge is 0.221 e. The molecule has 0 radical (unpaired) electrons. The van der Waals surface area contributed by atoms with E-state index in [2.05, 4.69) is 59.9 Å². The lowest BCUT2D eigenvalue weighted by Gasteiger charge is -2.20. The Morgan fingerprint density at radius 1 is 1.16 bits per heavy atom. The molecule has 0 amide bonds. The Morgan fingerprint density at radius 3 is 2.53 bits per heavy atom. The number of benzene rings is 1. The number of halogens is 1. The van der Waals surface area contributed by atoms with E-state index in [0.717, 1.165) is 15.6 Å². The summed E-state index contributed by atoms with van der Waals surface area (Å²) in [6.45, 7) is 6.62. The first-order valence-electron chi connectivity index (χ1n) is 6.22. The highest BCUT2D eigenvalue weighted by molar-refractivity contribution is 9.10. The van der Waals surface area contributed by atoms with Crippen molar-refractivity contribution < 1.29 is 4.74 Å². The molecule has 3 heteroatoms. The van der Waals surface area contributed by atoms with Gasteiger partial charge in [0.1, 0.15) is 0 Å². The van der Waals surface area contributed by atoms with Crippen molar-refractivity contribution in [3.8, 4) is 17.0 Å².